The first kappa shape index (κ1) is 18.6. The molecule has 2 saturated heterocycles. The van der Waals surface area contributed by atoms with Gasteiger partial charge in [-0.15, -0.1) is 0 Å². The number of hydrogen-bond acceptors (Lipinski definition) is 6. The molecule has 2 fully saturated rings. The Kier molecular flexibility index (Phi) is 5.04. The van der Waals surface area contributed by atoms with Crippen LogP contribution in [0.5, 0.6) is 0 Å². The molecule has 9 heteroatoms. The SMILES string of the molecule is Cn1cc(S(=O)(=O)N2CCOCC23CNCCOC3)c(-c2ccccc2)n1. The van der Waals surface area contributed by atoms with E-state index in [2.05, 4.69) is 10.4 Å². The fourth-order valence-electron chi connectivity index (χ4n) is 3.70. The Morgan fingerprint density at radius 2 is 1.89 bits per heavy atom. The van der Waals surface area contributed by atoms with E-state index < -0.39 is 15.6 Å². The van der Waals surface area contributed by atoms with Gasteiger partial charge in [0.15, 0.2) is 0 Å². The van der Waals surface area contributed by atoms with Gasteiger partial charge in [0.2, 0.25) is 10.0 Å². The number of ether oxygens (including phenoxy) is 2. The molecule has 2 aliphatic rings. The highest BCUT2D eigenvalue weighted by Gasteiger charge is 2.48. The number of aromatic nitrogens is 2. The summed E-state index contributed by atoms with van der Waals surface area (Å²) in [6.07, 6.45) is 1.58. The minimum absolute atomic E-state index is 0.210. The average molecular weight is 392 g/mol. The molecule has 2 aromatic rings. The van der Waals surface area contributed by atoms with Gasteiger partial charge in [0.1, 0.15) is 10.6 Å². The molecule has 4 rings (SSSR count). The summed E-state index contributed by atoms with van der Waals surface area (Å²) in [6, 6.07) is 9.38. The molecule has 8 nitrogen and oxygen atoms in total. The van der Waals surface area contributed by atoms with Gasteiger partial charge in [0, 0.05) is 38.4 Å². The zero-order valence-electron chi connectivity index (χ0n) is 15.3. The lowest BCUT2D eigenvalue weighted by Crippen LogP contribution is -2.64. The van der Waals surface area contributed by atoms with Gasteiger partial charge in [-0.2, -0.15) is 9.40 Å². The van der Waals surface area contributed by atoms with Crippen molar-refractivity contribution in [2.75, 3.05) is 46.1 Å². The van der Waals surface area contributed by atoms with E-state index in [0.29, 0.717) is 45.2 Å². The number of hydrogen-bond donors (Lipinski definition) is 1. The van der Waals surface area contributed by atoms with Crippen molar-refractivity contribution in [1.82, 2.24) is 19.4 Å². The predicted octanol–water partition coefficient (Wildman–Crippen LogP) is 0.467. The Morgan fingerprint density at radius 1 is 1.15 bits per heavy atom. The van der Waals surface area contributed by atoms with Crippen LogP contribution in [0, 0.1) is 0 Å². The molecule has 2 aliphatic heterocycles. The third-order valence-electron chi connectivity index (χ3n) is 5.00. The van der Waals surface area contributed by atoms with Crippen LogP contribution >= 0.6 is 0 Å². The molecule has 0 aliphatic carbocycles. The second-order valence-electron chi connectivity index (χ2n) is 6.97. The van der Waals surface area contributed by atoms with E-state index >= 15 is 0 Å². The van der Waals surface area contributed by atoms with Crippen LogP contribution in [-0.4, -0.2) is 74.1 Å². The third-order valence-corrected chi connectivity index (χ3v) is 7.00. The number of aryl methyl sites for hydroxylation is 1. The van der Waals surface area contributed by atoms with Crippen LogP contribution in [0.3, 0.4) is 0 Å². The van der Waals surface area contributed by atoms with Crippen molar-refractivity contribution < 1.29 is 17.9 Å². The van der Waals surface area contributed by atoms with Crippen LogP contribution < -0.4 is 5.32 Å². The minimum Gasteiger partial charge on any atom is -0.378 e. The Hall–Kier alpha value is -1.78. The van der Waals surface area contributed by atoms with Crippen LogP contribution in [0.15, 0.2) is 41.4 Å². The first-order chi connectivity index (χ1) is 13.0. The maximum absolute atomic E-state index is 13.7. The highest BCUT2D eigenvalue weighted by atomic mass is 32.2. The van der Waals surface area contributed by atoms with Crippen molar-refractivity contribution in [1.29, 1.82) is 0 Å². The van der Waals surface area contributed by atoms with E-state index in [0.717, 1.165) is 5.56 Å². The van der Waals surface area contributed by atoms with Crippen LogP contribution in [0.2, 0.25) is 0 Å². The summed E-state index contributed by atoms with van der Waals surface area (Å²) in [4.78, 5) is 0.210. The summed E-state index contributed by atoms with van der Waals surface area (Å²) in [5.41, 5.74) is 0.480. The molecular formula is C18H24N4O4S. The van der Waals surface area contributed by atoms with Gasteiger partial charge in [-0.25, -0.2) is 8.42 Å². The molecule has 0 bridgehead atoms. The minimum atomic E-state index is -3.79. The number of morpholine rings is 1. The summed E-state index contributed by atoms with van der Waals surface area (Å²) < 4.78 is 41.9. The van der Waals surface area contributed by atoms with Gasteiger partial charge in [-0.3, -0.25) is 4.68 Å². The number of nitrogens with zero attached hydrogens (tertiary/aromatic N) is 3. The number of sulfonamides is 1. The molecule has 1 unspecified atom stereocenters. The first-order valence-corrected chi connectivity index (χ1v) is 10.5. The maximum atomic E-state index is 13.7. The molecule has 146 valence electrons. The van der Waals surface area contributed by atoms with Gasteiger partial charge in [-0.05, 0) is 0 Å². The van der Waals surface area contributed by atoms with Crippen LogP contribution in [-0.2, 0) is 26.5 Å². The third kappa shape index (κ3) is 3.41. The molecule has 1 atom stereocenters. The fraction of sp³-hybridized carbons (Fsp3) is 0.500. The zero-order chi connectivity index (χ0) is 18.9. The Morgan fingerprint density at radius 3 is 2.67 bits per heavy atom. The summed E-state index contributed by atoms with van der Waals surface area (Å²) in [7, 11) is -2.06. The van der Waals surface area contributed by atoms with E-state index in [1.165, 1.54) is 0 Å². The van der Waals surface area contributed by atoms with Gasteiger partial charge < -0.3 is 14.8 Å². The Balaban J connectivity index is 1.79. The molecular weight excluding hydrogens is 368 g/mol. The van der Waals surface area contributed by atoms with Crippen molar-refractivity contribution >= 4 is 10.0 Å². The maximum Gasteiger partial charge on any atom is 0.247 e. The van der Waals surface area contributed by atoms with Gasteiger partial charge in [0.25, 0.3) is 0 Å². The highest BCUT2D eigenvalue weighted by Crippen LogP contribution is 2.33. The van der Waals surface area contributed by atoms with E-state index in [1.807, 2.05) is 30.3 Å². The molecule has 1 aromatic heterocycles. The summed E-state index contributed by atoms with van der Waals surface area (Å²) >= 11 is 0. The lowest BCUT2D eigenvalue weighted by Gasteiger charge is -2.44. The molecule has 1 spiro atoms. The Labute approximate surface area is 159 Å². The molecule has 3 heterocycles. The largest absolute Gasteiger partial charge is 0.378 e. The normalized spacial score (nSPS) is 24.8. The summed E-state index contributed by atoms with van der Waals surface area (Å²) in [6.45, 7) is 3.00. The quantitative estimate of drug-likeness (QED) is 0.817. The van der Waals surface area contributed by atoms with Crippen LogP contribution in [0.1, 0.15) is 0 Å². The Bertz CT molecular complexity index is 889. The van der Waals surface area contributed by atoms with Crippen molar-refractivity contribution in [2.24, 2.45) is 7.05 Å². The van der Waals surface area contributed by atoms with Crippen molar-refractivity contribution in [3.05, 3.63) is 36.5 Å². The molecule has 1 aromatic carbocycles. The van der Waals surface area contributed by atoms with Crippen LogP contribution in [0.25, 0.3) is 11.3 Å². The van der Waals surface area contributed by atoms with Crippen LogP contribution in [0.4, 0.5) is 0 Å². The number of rotatable bonds is 3. The fourth-order valence-corrected chi connectivity index (χ4v) is 5.62. The zero-order valence-corrected chi connectivity index (χ0v) is 16.1. The van der Waals surface area contributed by atoms with Crippen molar-refractivity contribution in [3.8, 4) is 11.3 Å². The topological polar surface area (TPSA) is 85.7 Å². The van der Waals surface area contributed by atoms with E-state index in [9.17, 15) is 8.42 Å². The molecule has 0 radical (unpaired) electrons. The smallest absolute Gasteiger partial charge is 0.247 e. The molecule has 0 amide bonds. The average Bonchev–Trinajstić information content (AvgIpc) is 2.94. The van der Waals surface area contributed by atoms with Gasteiger partial charge >= 0.3 is 0 Å². The second kappa shape index (κ2) is 7.33. The lowest BCUT2D eigenvalue weighted by molar-refractivity contribution is -0.0570. The summed E-state index contributed by atoms with van der Waals surface area (Å²) in [5, 5.41) is 7.71. The van der Waals surface area contributed by atoms with Gasteiger partial charge in [0.05, 0.1) is 32.0 Å². The second-order valence-corrected chi connectivity index (χ2v) is 8.80. The first-order valence-electron chi connectivity index (χ1n) is 9.01. The highest BCUT2D eigenvalue weighted by molar-refractivity contribution is 7.89. The lowest BCUT2D eigenvalue weighted by atomic mass is 10.0. The molecule has 0 saturated carbocycles. The number of nitrogens with one attached hydrogen (secondary N) is 1. The van der Waals surface area contributed by atoms with E-state index in [4.69, 9.17) is 9.47 Å². The van der Waals surface area contributed by atoms with E-state index in [1.54, 1.807) is 22.2 Å². The summed E-state index contributed by atoms with van der Waals surface area (Å²) in [5.74, 6) is 0. The monoisotopic (exact) mass is 392 g/mol. The van der Waals surface area contributed by atoms with Crippen molar-refractivity contribution in [3.63, 3.8) is 0 Å². The predicted molar refractivity (Wildman–Crippen MR) is 99.8 cm³/mol. The number of benzene rings is 1. The van der Waals surface area contributed by atoms with Gasteiger partial charge in [-0.1, -0.05) is 30.3 Å². The standard InChI is InChI=1S/C18H24N4O4S/c1-21-11-16(17(20-21)15-5-3-2-4-6-15)27(23,24)22-8-10-26-14-18(22)12-19-7-9-25-13-18/h2-6,11,19H,7-10,12-14H2,1H3. The van der Waals surface area contributed by atoms with E-state index in [-0.39, 0.29) is 11.4 Å². The molecule has 27 heavy (non-hydrogen) atoms. The molecule has 1 N–H and O–H groups in total. The van der Waals surface area contributed by atoms with Crippen molar-refractivity contribution in [2.45, 2.75) is 10.4 Å².